The summed E-state index contributed by atoms with van der Waals surface area (Å²) in [5.74, 6) is -1.88. The minimum absolute atomic E-state index is 0.243. The van der Waals surface area contributed by atoms with Crippen molar-refractivity contribution >= 4 is 5.97 Å². The summed E-state index contributed by atoms with van der Waals surface area (Å²) in [4.78, 5) is 14.3. The third-order valence-electron chi connectivity index (χ3n) is 2.85. The molecule has 1 aromatic rings. The van der Waals surface area contributed by atoms with Gasteiger partial charge in [0.05, 0.1) is 6.20 Å². The minimum Gasteiger partial charge on any atom is -0.479 e. The van der Waals surface area contributed by atoms with Crippen LogP contribution in [0.5, 0.6) is 0 Å². The molecule has 2 rings (SSSR count). The van der Waals surface area contributed by atoms with Crippen molar-refractivity contribution < 1.29 is 19.4 Å². The zero-order valence-electron chi connectivity index (χ0n) is 7.85. The molecule has 1 atom stereocenters. The monoisotopic (exact) mass is 211 g/mol. The smallest absolute Gasteiger partial charge is 0.333 e. The van der Waals surface area contributed by atoms with Gasteiger partial charge < -0.3 is 10.2 Å². The molecule has 1 heterocycles. The molecule has 15 heavy (non-hydrogen) atoms. The number of halogens is 1. The lowest BCUT2D eigenvalue weighted by molar-refractivity contribution is -0.148. The summed E-state index contributed by atoms with van der Waals surface area (Å²) in [5, 5.41) is 18.2. The van der Waals surface area contributed by atoms with E-state index in [1.165, 1.54) is 12.3 Å². The van der Waals surface area contributed by atoms with Gasteiger partial charge in [0.2, 0.25) is 0 Å². The molecule has 5 heteroatoms. The van der Waals surface area contributed by atoms with Crippen molar-refractivity contribution in [1.82, 2.24) is 4.98 Å². The standard InChI is InChI=1S/C10H10FNO3/c11-7-5-12-4-1-6(7)10(2-3-10)8(13)9(14)15/h1,4-5,8,13H,2-3H2,(H,14,15). The maximum atomic E-state index is 13.4. The maximum absolute atomic E-state index is 13.4. The maximum Gasteiger partial charge on any atom is 0.333 e. The van der Waals surface area contributed by atoms with Gasteiger partial charge in [-0.05, 0) is 18.9 Å². The van der Waals surface area contributed by atoms with E-state index in [1.807, 2.05) is 0 Å². The number of aliphatic hydroxyl groups is 1. The highest BCUT2D eigenvalue weighted by atomic mass is 19.1. The van der Waals surface area contributed by atoms with Crippen LogP contribution in [0.25, 0.3) is 0 Å². The molecular weight excluding hydrogens is 201 g/mol. The molecule has 0 saturated heterocycles. The molecule has 1 saturated carbocycles. The normalized spacial score (nSPS) is 19.6. The summed E-state index contributed by atoms with van der Waals surface area (Å²) in [6, 6.07) is 1.43. The second-order valence-corrected chi connectivity index (χ2v) is 3.75. The number of carboxylic acid groups (broad SMARTS) is 1. The number of rotatable bonds is 3. The van der Waals surface area contributed by atoms with E-state index in [-0.39, 0.29) is 5.56 Å². The Morgan fingerprint density at radius 1 is 1.60 bits per heavy atom. The summed E-state index contributed by atoms with van der Waals surface area (Å²) < 4.78 is 13.4. The summed E-state index contributed by atoms with van der Waals surface area (Å²) in [6.45, 7) is 0. The zero-order chi connectivity index (χ0) is 11.1. The van der Waals surface area contributed by atoms with Gasteiger partial charge in [-0.15, -0.1) is 0 Å². The highest BCUT2D eigenvalue weighted by Gasteiger charge is 2.54. The van der Waals surface area contributed by atoms with E-state index in [2.05, 4.69) is 4.98 Å². The van der Waals surface area contributed by atoms with Crippen molar-refractivity contribution in [2.45, 2.75) is 24.4 Å². The number of carboxylic acids is 1. The fourth-order valence-electron chi connectivity index (χ4n) is 1.84. The molecule has 0 aliphatic heterocycles. The Hall–Kier alpha value is -1.49. The molecule has 0 spiro atoms. The first-order valence-corrected chi connectivity index (χ1v) is 4.59. The highest BCUT2D eigenvalue weighted by Crippen LogP contribution is 2.51. The largest absolute Gasteiger partial charge is 0.479 e. The molecule has 1 fully saturated rings. The van der Waals surface area contributed by atoms with Crippen molar-refractivity contribution in [2.75, 3.05) is 0 Å². The van der Waals surface area contributed by atoms with Crippen molar-refractivity contribution in [1.29, 1.82) is 0 Å². The molecule has 1 aliphatic rings. The highest BCUT2D eigenvalue weighted by molar-refractivity contribution is 5.75. The lowest BCUT2D eigenvalue weighted by Gasteiger charge is -2.19. The van der Waals surface area contributed by atoms with Gasteiger partial charge in [0.25, 0.3) is 0 Å². The van der Waals surface area contributed by atoms with Crippen LogP contribution in [0.2, 0.25) is 0 Å². The van der Waals surface area contributed by atoms with Crippen LogP contribution in [0, 0.1) is 5.82 Å². The van der Waals surface area contributed by atoms with Gasteiger partial charge in [-0.25, -0.2) is 9.18 Å². The summed E-state index contributed by atoms with van der Waals surface area (Å²) >= 11 is 0. The number of nitrogens with zero attached hydrogens (tertiary/aromatic N) is 1. The van der Waals surface area contributed by atoms with Crippen molar-refractivity contribution in [3.63, 3.8) is 0 Å². The van der Waals surface area contributed by atoms with E-state index >= 15 is 0 Å². The number of aliphatic carboxylic acids is 1. The van der Waals surface area contributed by atoms with Crippen LogP contribution in [0.1, 0.15) is 18.4 Å². The fourth-order valence-corrected chi connectivity index (χ4v) is 1.84. The van der Waals surface area contributed by atoms with Gasteiger partial charge in [-0.3, -0.25) is 4.98 Å². The fraction of sp³-hybridized carbons (Fsp3) is 0.400. The molecule has 1 unspecified atom stereocenters. The van der Waals surface area contributed by atoms with Crippen LogP contribution in [0.3, 0.4) is 0 Å². The second-order valence-electron chi connectivity index (χ2n) is 3.75. The van der Waals surface area contributed by atoms with Crippen LogP contribution in [-0.2, 0) is 10.2 Å². The van der Waals surface area contributed by atoms with Crippen molar-refractivity contribution in [3.8, 4) is 0 Å². The lowest BCUT2D eigenvalue weighted by Crippen LogP contribution is -2.34. The first-order valence-electron chi connectivity index (χ1n) is 4.59. The molecule has 2 N–H and O–H groups in total. The Kier molecular flexibility index (Phi) is 2.19. The third kappa shape index (κ3) is 1.48. The van der Waals surface area contributed by atoms with Crippen molar-refractivity contribution in [2.24, 2.45) is 0 Å². The van der Waals surface area contributed by atoms with Crippen LogP contribution in [0.15, 0.2) is 18.5 Å². The Morgan fingerprint density at radius 2 is 2.27 bits per heavy atom. The van der Waals surface area contributed by atoms with Crippen LogP contribution in [0.4, 0.5) is 4.39 Å². The van der Waals surface area contributed by atoms with E-state index in [0.29, 0.717) is 12.8 Å². The van der Waals surface area contributed by atoms with Gasteiger partial charge in [-0.1, -0.05) is 0 Å². The Bertz CT molecular complexity index is 403. The molecule has 1 aliphatic carbocycles. The summed E-state index contributed by atoms with van der Waals surface area (Å²) in [5.41, 5.74) is -0.703. The predicted molar refractivity (Wildman–Crippen MR) is 48.7 cm³/mol. The van der Waals surface area contributed by atoms with E-state index in [4.69, 9.17) is 5.11 Å². The SMILES string of the molecule is O=C(O)C(O)C1(c2ccncc2F)CC1. The molecule has 0 bridgehead atoms. The first kappa shape index (κ1) is 10.0. The molecule has 4 nitrogen and oxygen atoms in total. The number of hydrogen-bond donors (Lipinski definition) is 2. The van der Waals surface area contributed by atoms with Gasteiger partial charge in [0.1, 0.15) is 5.82 Å². The Balaban J connectivity index is 2.39. The lowest BCUT2D eigenvalue weighted by atomic mass is 9.90. The van der Waals surface area contributed by atoms with E-state index < -0.39 is 23.3 Å². The van der Waals surface area contributed by atoms with Crippen LogP contribution < -0.4 is 0 Å². The van der Waals surface area contributed by atoms with Gasteiger partial charge in [-0.2, -0.15) is 0 Å². The minimum atomic E-state index is -1.55. The van der Waals surface area contributed by atoms with Crippen molar-refractivity contribution in [3.05, 3.63) is 29.8 Å². The zero-order valence-corrected chi connectivity index (χ0v) is 7.85. The Labute approximate surface area is 85.4 Å². The van der Waals surface area contributed by atoms with Gasteiger partial charge >= 0.3 is 5.97 Å². The number of aromatic nitrogens is 1. The second kappa shape index (κ2) is 3.27. The molecule has 80 valence electrons. The molecular formula is C10H10FNO3. The van der Waals surface area contributed by atoms with Gasteiger partial charge in [0, 0.05) is 17.2 Å². The third-order valence-corrected chi connectivity index (χ3v) is 2.85. The van der Waals surface area contributed by atoms with Gasteiger partial charge in [0.15, 0.2) is 6.10 Å². The average molecular weight is 211 g/mol. The summed E-state index contributed by atoms with van der Waals surface area (Å²) in [6.07, 6.45) is 1.86. The van der Waals surface area contributed by atoms with E-state index in [1.54, 1.807) is 0 Å². The molecule has 0 radical (unpaired) electrons. The van der Waals surface area contributed by atoms with Crippen LogP contribution >= 0.6 is 0 Å². The number of aliphatic hydroxyl groups excluding tert-OH is 1. The van der Waals surface area contributed by atoms with E-state index in [9.17, 15) is 14.3 Å². The average Bonchev–Trinajstić information content (AvgIpc) is 2.98. The molecule has 0 amide bonds. The topological polar surface area (TPSA) is 70.4 Å². The first-order chi connectivity index (χ1) is 7.08. The predicted octanol–water partition coefficient (Wildman–Crippen LogP) is 0.698. The quantitative estimate of drug-likeness (QED) is 0.772. The number of carbonyl (C=O) groups is 1. The summed E-state index contributed by atoms with van der Waals surface area (Å²) in [7, 11) is 0. The molecule has 0 aromatic carbocycles. The van der Waals surface area contributed by atoms with Crippen LogP contribution in [-0.4, -0.2) is 27.3 Å². The van der Waals surface area contributed by atoms with E-state index in [0.717, 1.165) is 6.20 Å². The Morgan fingerprint density at radius 3 is 2.73 bits per heavy atom. The number of hydrogen-bond acceptors (Lipinski definition) is 3. The molecule has 1 aromatic heterocycles. The number of pyridine rings is 1.